The van der Waals surface area contributed by atoms with Crippen molar-refractivity contribution >= 4 is 0 Å². The molecular formula is C25H37NO3. The van der Waals surface area contributed by atoms with Crippen molar-refractivity contribution in [2.45, 2.75) is 90.4 Å². The Kier molecular flexibility index (Phi) is 4.20. The predicted molar refractivity (Wildman–Crippen MR) is 111 cm³/mol. The Morgan fingerprint density at radius 3 is 2.38 bits per heavy atom. The molecule has 0 amide bonds. The quantitative estimate of drug-likeness (QED) is 0.461. The highest BCUT2D eigenvalue weighted by atomic mass is 16.7. The van der Waals surface area contributed by atoms with Gasteiger partial charge in [0.05, 0.1) is 19.3 Å². The van der Waals surface area contributed by atoms with Crippen LogP contribution >= 0.6 is 0 Å². The van der Waals surface area contributed by atoms with Gasteiger partial charge in [0, 0.05) is 23.7 Å². The van der Waals surface area contributed by atoms with Crippen LogP contribution in [-0.4, -0.2) is 29.7 Å². The Morgan fingerprint density at radius 2 is 1.69 bits per heavy atom. The van der Waals surface area contributed by atoms with E-state index < -0.39 is 11.4 Å². The van der Waals surface area contributed by atoms with Gasteiger partial charge in [0.25, 0.3) is 0 Å². The maximum Gasteiger partial charge on any atom is 0.172 e. The molecule has 0 aromatic carbocycles. The average Bonchev–Trinajstić information content (AvgIpc) is 2.97. The third kappa shape index (κ3) is 2.66. The van der Waals surface area contributed by atoms with E-state index in [0.29, 0.717) is 24.2 Å². The molecule has 4 aliphatic carbocycles. The van der Waals surface area contributed by atoms with E-state index in [4.69, 9.17) is 9.47 Å². The number of rotatable bonds is 0. The molecule has 160 valence electrons. The van der Waals surface area contributed by atoms with E-state index in [-0.39, 0.29) is 16.2 Å². The van der Waals surface area contributed by atoms with Gasteiger partial charge in [0.1, 0.15) is 0 Å². The summed E-state index contributed by atoms with van der Waals surface area (Å²) in [5.74, 6) is 1.29. The van der Waals surface area contributed by atoms with Crippen molar-refractivity contribution in [2.24, 2.45) is 34.0 Å². The van der Waals surface area contributed by atoms with Gasteiger partial charge in [0.15, 0.2) is 11.4 Å². The standard InChI is InChI=1S/C25H37NO3/c1-21(2)15-28-25(29-16-21)12-11-22(3)17(13-25)5-6-18-19(22)7-9-23(4)20(18)8-10-24(23,27)14-26/h5,18-20,27H,6-13,15-16H2,1-4H3/t18-,19+,20+,22+,23+,24?/m1/s1. The maximum absolute atomic E-state index is 11.0. The Bertz CT molecular complexity index is 771. The lowest BCUT2D eigenvalue weighted by atomic mass is 9.47. The molecular weight excluding hydrogens is 362 g/mol. The summed E-state index contributed by atoms with van der Waals surface area (Å²) in [6, 6.07) is 2.29. The second kappa shape index (κ2) is 6.09. The van der Waals surface area contributed by atoms with Crippen LogP contribution in [0.1, 0.15) is 79.1 Å². The van der Waals surface area contributed by atoms with Crippen molar-refractivity contribution < 1.29 is 14.6 Å². The van der Waals surface area contributed by atoms with E-state index in [1.165, 1.54) is 0 Å². The minimum Gasteiger partial charge on any atom is -0.375 e. The summed E-state index contributed by atoms with van der Waals surface area (Å²) in [5, 5.41) is 20.7. The summed E-state index contributed by atoms with van der Waals surface area (Å²) in [7, 11) is 0. The summed E-state index contributed by atoms with van der Waals surface area (Å²) in [6.07, 6.45) is 10.3. The average molecular weight is 400 g/mol. The first kappa shape index (κ1) is 20.0. The molecule has 0 bridgehead atoms. The molecule has 4 heteroatoms. The number of ether oxygens (including phenoxy) is 2. The van der Waals surface area contributed by atoms with E-state index in [9.17, 15) is 10.4 Å². The molecule has 0 aromatic rings. The molecule has 1 unspecified atom stereocenters. The van der Waals surface area contributed by atoms with Gasteiger partial charge in [0.2, 0.25) is 0 Å². The van der Waals surface area contributed by atoms with E-state index in [1.54, 1.807) is 5.57 Å². The summed E-state index contributed by atoms with van der Waals surface area (Å²) in [6.45, 7) is 10.6. The molecule has 5 rings (SSSR count). The van der Waals surface area contributed by atoms with Crippen LogP contribution in [0.4, 0.5) is 0 Å². The van der Waals surface area contributed by atoms with Crippen molar-refractivity contribution in [3.8, 4) is 6.07 Å². The van der Waals surface area contributed by atoms with Crippen molar-refractivity contribution in [3.05, 3.63) is 11.6 Å². The van der Waals surface area contributed by atoms with Crippen LogP contribution in [0, 0.1) is 45.3 Å². The van der Waals surface area contributed by atoms with Gasteiger partial charge in [-0.1, -0.05) is 39.3 Å². The lowest BCUT2D eigenvalue weighted by Crippen LogP contribution is -2.57. The molecule has 1 heterocycles. The monoisotopic (exact) mass is 399 g/mol. The zero-order chi connectivity index (χ0) is 20.7. The first-order valence-corrected chi connectivity index (χ1v) is 11.7. The van der Waals surface area contributed by atoms with Crippen LogP contribution in [0.15, 0.2) is 11.6 Å². The van der Waals surface area contributed by atoms with E-state index in [1.807, 2.05) is 0 Å². The molecule has 5 aliphatic rings. The van der Waals surface area contributed by atoms with Crippen molar-refractivity contribution in [1.82, 2.24) is 0 Å². The fraction of sp³-hybridized carbons (Fsp3) is 0.880. The minimum atomic E-state index is -1.14. The summed E-state index contributed by atoms with van der Waals surface area (Å²) in [4.78, 5) is 0. The predicted octanol–water partition coefficient (Wildman–Crippen LogP) is 4.97. The molecule has 0 aromatic heterocycles. The highest BCUT2D eigenvalue weighted by molar-refractivity contribution is 5.28. The lowest BCUT2D eigenvalue weighted by molar-refractivity contribution is -0.310. The minimum absolute atomic E-state index is 0.103. The van der Waals surface area contributed by atoms with Crippen LogP contribution in [0.5, 0.6) is 0 Å². The Labute approximate surface area is 175 Å². The van der Waals surface area contributed by atoms with Crippen LogP contribution in [-0.2, 0) is 9.47 Å². The van der Waals surface area contributed by atoms with E-state index in [2.05, 4.69) is 39.8 Å². The summed E-state index contributed by atoms with van der Waals surface area (Å²) in [5.41, 5.74) is 0.471. The smallest absolute Gasteiger partial charge is 0.172 e. The van der Waals surface area contributed by atoms with E-state index >= 15 is 0 Å². The summed E-state index contributed by atoms with van der Waals surface area (Å²) >= 11 is 0. The zero-order valence-corrected chi connectivity index (χ0v) is 18.6. The largest absolute Gasteiger partial charge is 0.375 e. The van der Waals surface area contributed by atoms with Gasteiger partial charge in [-0.25, -0.2) is 0 Å². The van der Waals surface area contributed by atoms with Gasteiger partial charge < -0.3 is 14.6 Å². The van der Waals surface area contributed by atoms with Crippen LogP contribution in [0.25, 0.3) is 0 Å². The fourth-order valence-corrected chi connectivity index (χ4v) is 7.79. The molecule has 4 fully saturated rings. The number of nitrogens with zero attached hydrogens (tertiary/aromatic N) is 1. The topological polar surface area (TPSA) is 62.5 Å². The highest BCUT2D eigenvalue weighted by Crippen LogP contribution is 2.67. The third-order valence-electron chi connectivity index (χ3n) is 9.90. The molecule has 1 N–H and O–H groups in total. The number of hydrogen-bond acceptors (Lipinski definition) is 4. The highest BCUT2D eigenvalue weighted by Gasteiger charge is 2.64. The Morgan fingerprint density at radius 1 is 1.00 bits per heavy atom. The maximum atomic E-state index is 11.0. The lowest BCUT2D eigenvalue weighted by Gasteiger charge is -2.60. The van der Waals surface area contributed by atoms with Gasteiger partial charge in [-0.2, -0.15) is 5.26 Å². The van der Waals surface area contributed by atoms with Crippen LogP contribution < -0.4 is 0 Å². The fourth-order valence-electron chi connectivity index (χ4n) is 7.79. The number of fused-ring (bicyclic) bond motifs is 5. The Hall–Kier alpha value is -0.890. The van der Waals surface area contributed by atoms with Crippen molar-refractivity contribution in [1.29, 1.82) is 5.26 Å². The van der Waals surface area contributed by atoms with Gasteiger partial charge in [-0.15, -0.1) is 0 Å². The SMILES string of the molecule is CC1(C)COC2(CC[C@@]3(C)C(=CC[C@@H]4[C@@H]3CC[C@@]3(C)[C@H]4CCC3(O)C#N)C2)OC1. The van der Waals surface area contributed by atoms with Gasteiger partial charge in [-0.05, 0) is 61.7 Å². The van der Waals surface area contributed by atoms with E-state index in [0.717, 1.165) is 58.2 Å². The third-order valence-corrected chi connectivity index (χ3v) is 9.90. The normalized spacial score (nSPS) is 50.1. The molecule has 4 nitrogen and oxygen atoms in total. The second-order valence-corrected chi connectivity index (χ2v) is 12.1. The van der Waals surface area contributed by atoms with Gasteiger partial charge in [-0.3, -0.25) is 0 Å². The Balaban J connectivity index is 1.41. The second-order valence-electron chi connectivity index (χ2n) is 12.1. The molecule has 29 heavy (non-hydrogen) atoms. The first-order chi connectivity index (χ1) is 13.6. The summed E-state index contributed by atoms with van der Waals surface area (Å²) < 4.78 is 12.7. The molecule has 3 saturated carbocycles. The van der Waals surface area contributed by atoms with Crippen molar-refractivity contribution in [2.75, 3.05) is 13.2 Å². The molecule has 1 saturated heterocycles. The molecule has 1 aliphatic heterocycles. The molecule has 1 spiro atoms. The number of allylic oxidation sites excluding steroid dienone is 1. The zero-order valence-electron chi connectivity index (χ0n) is 18.6. The number of nitriles is 1. The van der Waals surface area contributed by atoms with Crippen molar-refractivity contribution in [3.63, 3.8) is 0 Å². The van der Waals surface area contributed by atoms with Crippen LogP contribution in [0.3, 0.4) is 0 Å². The number of hydrogen-bond donors (Lipinski definition) is 1. The van der Waals surface area contributed by atoms with Crippen LogP contribution in [0.2, 0.25) is 0 Å². The van der Waals surface area contributed by atoms with Gasteiger partial charge >= 0.3 is 0 Å². The molecule has 0 radical (unpaired) electrons. The first-order valence-electron chi connectivity index (χ1n) is 11.7. The number of aliphatic hydroxyl groups is 1. The molecule has 6 atom stereocenters.